The van der Waals surface area contributed by atoms with E-state index in [0.717, 1.165) is 40.3 Å². The number of hydrazone groups is 1. The van der Waals surface area contributed by atoms with E-state index in [1.54, 1.807) is 7.11 Å². The highest BCUT2D eigenvalue weighted by Crippen LogP contribution is 2.48. The van der Waals surface area contributed by atoms with E-state index >= 15 is 0 Å². The average Bonchev–Trinajstić information content (AvgIpc) is 3.19. The highest BCUT2D eigenvalue weighted by Gasteiger charge is 2.41. The second-order valence-corrected chi connectivity index (χ2v) is 7.34. The highest BCUT2D eigenvalue weighted by atomic mass is 35.5. The Balaban J connectivity index is 1.62. The standard InChI is InChI=1S/C23H19ClN2O2/c1-27-21-11-4-3-10-18(21)23-26-20(17-9-2-5-12-22(17)28-23)14-19(25-26)15-7-6-8-16(24)13-15/h2-13,20,23H,14H2,1H3. The molecule has 2 unspecified atom stereocenters. The van der Waals surface area contributed by atoms with Crippen LogP contribution in [0.2, 0.25) is 5.02 Å². The summed E-state index contributed by atoms with van der Waals surface area (Å²) in [6.45, 7) is 0. The predicted molar refractivity (Wildman–Crippen MR) is 110 cm³/mol. The Kier molecular flexibility index (Phi) is 4.21. The van der Waals surface area contributed by atoms with Crippen LogP contribution in [0, 0.1) is 0 Å². The molecule has 0 bridgehead atoms. The van der Waals surface area contributed by atoms with E-state index in [4.69, 9.17) is 26.2 Å². The minimum Gasteiger partial charge on any atom is -0.496 e. The summed E-state index contributed by atoms with van der Waals surface area (Å²) >= 11 is 6.21. The number of para-hydroxylation sites is 2. The maximum absolute atomic E-state index is 6.40. The van der Waals surface area contributed by atoms with Gasteiger partial charge in [0.2, 0.25) is 6.23 Å². The molecule has 2 heterocycles. The van der Waals surface area contributed by atoms with E-state index in [1.165, 1.54) is 0 Å². The minimum atomic E-state index is -0.354. The SMILES string of the molecule is COc1ccccc1C1Oc2ccccc2C2CC(c3cccc(Cl)c3)=NN21. The monoisotopic (exact) mass is 390 g/mol. The lowest BCUT2D eigenvalue weighted by Crippen LogP contribution is -2.33. The van der Waals surface area contributed by atoms with Crippen molar-refractivity contribution in [3.63, 3.8) is 0 Å². The van der Waals surface area contributed by atoms with Crippen LogP contribution in [-0.2, 0) is 0 Å². The van der Waals surface area contributed by atoms with Crippen molar-refractivity contribution in [2.75, 3.05) is 7.11 Å². The summed E-state index contributed by atoms with van der Waals surface area (Å²) in [6.07, 6.45) is 0.444. The zero-order valence-corrected chi connectivity index (χ0v) is 16.1. The molecule has 2 aliphatic rings. The van der Waals surface area contributed by atoms with Crippen molar-refractivity contribution in [3.05, 3.63) is 94.5 Å². The Morgan fingerprint density at radius 3 is 2.61 bits per heavy atom. The molecule has 5 heteroatoms. The largest absolute Gasteiger partial charge is 0.496 e. The number of nitrogens with zero attached hydrogens (tertiary/aromatic N) is 2. The number of hydrogen-bond donors (Lipinski definition) is 0. The maximum Gasteiger partial charge on any atom is 0.217 e. The third kappa shape index (κ3) is 2.81. The maximum atomic E-state index is 6.40. The predicted octanol–water partition coefficient (Wildman–Crippen LogP) is 5.59. The number of hydrogen-bond acceptors (Lipinski definition) is 4. The smallest absolute Gasteiger partial charge is 0.217 e. The molecule has 0 N–H and O–H groups in total. The molecule has 0 saturated carbocycles. The Morgan fingerprint density at radius 1 is 1.00 bits per heavy atom. The first-order valence-corrected chi connectivity index (χ1v) is 9.62. The number of fused-ring (bicyclic) bond motifs is 3. The molecule has 0 aliphatic carbocycles. The number of rotatable bonds is 3. The molecule has 0 amide bonds. The van der Waals surface area contributed by atoms with E-state index < -0.39 is 0 Å². The van der Waals surface area contributed by atoms with Crippen LogP contribution in [0.1, 0.15) is 35.4 Å². The van der Waals surface area contributed by atoms with Crippen LogP contribution in [0.15, 0.2) is 77.9 Å². The molecule has 3 aromatic carbocycles. The van der Waals surface area contributed by atoms with Crippen molar-refractivity contribution in [1.82, 2.24) is 5.01 Å². The lowest BCUT2D eigenvalue weighted by Gasteiger charge is -2.38. The summed E-state index contributed by atoms with van der Waals surface area (Å²) in [5.74, 6) is 1.68. The summed E-state index contributed by atoms with van der Waals surface area (Å²) in [6, 6.07) is 24.1. The average molecular weight is 391 g/mol. The van der Waals surface area contributed by atoms with Crippen LogP contribution in [0.25, 0.3) is 0 Å². The van der Waals surface area contributed by atoms with Gasteiger partial charge in [0.05, 0.1) is 24.4 Å². The Labute approximate surface area is 169 Å². The van der Waals surface area contributed by atoms with Crippen LogP contribution in [0.5, 0.6) is 11.5 Å². The van der Waals surface area contributed by atoms with Crippen LogP contribution >= 0.6 is 11.6 Å². The van der Waals surface area contributed by atoms with Gasteiger partial charge in [0, 0.05) is 17.0 Å². The van der Waals surface area contributed by atoms with Crippen LogP contribution in [0.4, 0.5) is 0 Å². The zero-order chi connectivity index (χ0) is 19.1. The van der Waals surface area contributed by atoms with Crippen LogP contribution < -0.4 is 9.47 Å². The first kappa shape index (κ1) is 17.1. The summed E-state index contributed by atoms with van der Waals surface area (Å²) in [5.41, 5.74) is 4.15. The quantitative estimate of drug-likeness (QED) is 0.584. The third-order valence-corrected chi connectivity index (χ3v) is 5.50. The first-order valence-electron chi connectivity index (χ1n) is 9.25. The van der Waals surface area contributed by atoms with Crippen molar-refractivity contribution in [2.24, 2.45) is 5.10 Å². The van der Waals surface area contributed by atoms with Gasteiger partial charge in [-0.25, -0.2) is 5.01 Å². The molecular weight excluding hydrogens is 372 g/mol. The Hall–Kier alpha value is -2.98. The van der Waals surface area contributed by atoms with Crippen molar-refractivity contribution < 1.29 is 9.47 Å². The molecule has 5 rings (SSSR count). The molecule has 2 atom stereocenters. The van der Waals surface area contributed by atoms with E-state index in [0.29, 0.717) is 5.02 Å². The Morgan fingerprint density at radius 2 is 1.79 bits per heavy atom. The lowest BCUT2D eigenvalue weighted by atomic mass is 9.96. The summed E-state index contributed by atoms with van der Waals surface area (Å²) in [7, 11) is 1.68. The fraction of sp³-hybridized carbons (Fsp3) is 0.174. The van der Waals surface area contributed by atoms with Crippen molar-refractivity contribution >= 4 is 17.3 Å². The lowest BCUT2D eigenvalue weighted by molar-refractivity contribution is -0.0203. The first-order chi connectivity index (χ1) is 13.7. The number of benzene rings is 3. The minimum absolute atomic E-state index is 0.105. The van der Waals surface area contributed by atoms with Gasteiger partial charge in [0.25, 0.3) is 0 Å². The van der Waals surface area contributed by atoms with Gasteiger partial charge >= 0.3 is 0 Å². The molecule has 0 spiro atoms. The Bertz CT molecular complexity index is 1070. The zero-order valence-electron chi connectivity index (χ0n) is 15.4. The second kappa shape index (κ2) is 6.88. The molecule has 2 aliphatic heterocycles. The van der Waals surface area contributed by atoms with E-state index in [-0.39, 0.29) is 12.3 Å². The fourth-order valence-electron chi connectivity index (χ4n) is 3.95. The molecule has 3 aromatic rings. The van der Waals surface area contributed by atoms with Crippen molar-refractivity contribution in [1.29, 1.82) is 0 Å². The van der Waals surface area contributed by atoms with E-state index in [1.807, 2.05) is 66.7 Å². The fourth-order valence-corrected chi connectivity index (χ4v) is 4.14. The van der Waals surface area contributed by atoms with E-state index in [9.17, 15) is 0 Å². The molecule has 4 nitrogen and oxygen atoms in total. The topological polar surface area (TPSA) is 34.1 Å². The summed E-state index contributed by atoms with van der Waals surface area (Å²) in [4.78, 5) is 0. The van der Waals surface area contributed by atoms with Crippen LogP contribution in [-0.4, -0.2) is 17.8 Å². The molecule has 0 fully saturated rings. The van der Waals surface area contributed by atoms with Crippen molar-refractivity contribution in [3.8, 4) is 11.5 Å². The number of ether oxygens (including phenoxy) is 2. The van der Waals surface area contributed by atoms with Gasteiger partial charge in [-0.2, -0.15) is 5.10 Å². The summed E-state index contributed by atoms with van der Waals surface area (Å²) in [5, 5.41) is 7.73. The van der Waals surface area contributed by atoms with E-state index in [2.05, 4.69) is 11.1 Å². The van der Waals surface area contributed by atoms with Gasteiger partial charge in [0.15, 0.2) is 0 Å². The number of halogens is 1. The normalized spacial score (nSPS) is 20.1. The van der Waals surface area contributed by atoms with Crippen molar-refractivity contribution in [2.45, 2.75) is 18.7 Å². The number of methoxy groups -OCH3 is 1. The van der Waals surface area contributed by atoms with Gasteiger partial charge in [-0.3, -0.25) is 0 Å². The van der Waals surface area contributed by atoms with Gasteiger partial charge in [0.1, 0.15) is 11.5 Å². The van der Waals surface area contributed by atoms with Crippen LogP contribution in [0.3, 0.4) is 0 Å². The molecule has 0 saturated heterocycles. The van der Waals surface area contributed by atoms with Gasteiger partial charge in [-0.05, 0) is 35.9 Å². The molecule has 28 heavy (non-hydrogen) atoms. The van der Waals surface area contributed by atoms with Gasteiger partial charge in [-0.1, -0.05) is 54.1 Å². The second-order valence-electron chi connectivity index (χ2n) is 6.91. The molecule has 0 aromatic heterocycles. The highest BCUT2D eigenvalue weighted by molar-refractivity contribution is 6.31. The van der Waals surface area contributed by atoms with Gasteiger partial charge in [-0.15, -0.1) is 0 Å². The molecule has 140 valence electrons. The molecular formula is C23H19ClN2O2. The molecule has 0 radical (unpaired) electrons. The third-order valence-electron chi connectivity index (χ3n) is 5.26. The summed E-state index contributed by atoms with van der Waals surface area (Å²) < 4.78 is 12.0. The van der Waals surface area contributed by atoms with Gasteiger partial charge < -0.3 is 9.47 Å².